The summed E-state index contributed by atoms with van der Waals surface area (Å²) >= 11 is 7.48. The van der Waals surface area contributed by atoms with E-state index < -0.39 is 5.92 Å². The van der Waals surface area contributed by atoms with Crippen LogP contribution in [0.3, 0.4) is 0 Å². The van der Waals surface area contributed by atoms with Crippen LogP contribution in [0.4, 0.5) is 5.82 Å². The van der Waals surface area contributed by atoms with Gasteiger partial charge in [-0.15, -0.1) is 0 Å². The minimum absolute atomic E-state index is 0.146. The van der Waals surface area contributed by atoms with E-state index >= 15 is 0 Å². The van der Waals surface area contributed by atoms with E-state index in [9.17, 15) is 9.59 Å². The summed E-state index contributed by atoms with van der Waals surface area (Å²) in [7, 11) is 1.80. The van der Waals surface area contributed by atoms with Gasteiger partial charge in [-0.1, -0.05) is 66.3 Å². The Bertz CT molecular complexity index is 1240. The third-order valence-electron chi connectivity index (χ3n) is 5.21. The van der Waals surface area contributed by atoms with Crippen LogP contribution in [0.5, 0.6) is 5.75 Å². The first-order chi connectivity index (χ1) is 15.5. The van der Waals surface area contributed by atoms with Gasteiger partial charge in [-0.25, -0.2) is 0 Å². The van der Waals surface area contributed by atoms with Crippen molar-refractivity contribution >= 4 is 35.1 Å². The highest BCUT2D eigenvalue weighted by atomic mass is 35.5. The molecule has 1 aliphatic heterocycles. The molecular formula is C24H22ClN3O3S. The van der Waals surface area contributed by atoms with E-state index in [4.69, 9.17) is 16.3 Å². The van der Waals surface area contributed by atoms with Crippen molar-refractivity contribution < 1.29 is 9.53 Å². The van der Waals surface area contributed by atoms with Gasteiger partial charge in [-0.2, -0.15) is 4.98 Å². The number of para-hydroxylation sites is 1. The maximum Gasteiger partial charge on any atom is 0.279 e. The number of fused-ring (bicyclic) bond motifs is 1. The summed E-state index contributed by atoms with van der Waals surface area (Å²) in [6.45, 7) is 4.01. The first-order valence-electron chi connectivity index (χ1n) is 10.1. The molecule has 0 aliphatic carbocycles. The predicted molar refractivity (Wildman–Crippen MR) is 128 cm³/mol. The Kier molecular flexibility index (Phi) is 6.67. The molecule has 0 spiro atoms. The minimum atomic E-state index is -0.446. The summed E-state index contributed by atoms with van der Waals surface area (Å²) in [5.74, 6) is 1.08. The van der Waals surface area contributed by atoms with Crippen molar-refractivity contribution in [1.82, 2.24) is 9.55 Å². The largest absolute Gasteiger partial charge is 0.489 e. The third-order valence-corrected chi connectivity index (χ3v) is 6.55. The number of ether oxygens (including phenoxy) is 1. The van der Waals surface area contributed by atoms with Crippen LogP contribution in [0.25, 0.3) is 0 Å². The molecule has 164 valence electrons. The van der Waals surface area contributed by atoms with Crippen molar-refractivity contribution in [2.24, 2.45) is 7.05 Å². The fourth-order valence-electron chi connectivity index (χ4n) is 3.75. The number of nitrogens with one attached hydrogen (secondary N) is 1. The Hall–Kier alpha value is -3.03. The number of aromatic nitrogens is 2. The smallest absolute Gasteiger partial charge is 0.279 e. The Morgan fingerprint density at radius 3 is 2.88 bits per heavy atom. The molecule has 6 nitrogen and oxygen atoms in total. The van der Waals surface area contributed by atoms with Crippen LogP contribution >= 0.6 is 23.4 Å². The van der Waals surface area contributed by atoms with Gasteiger partial charge < -0.3 is 14.6 Å². The van der Waals surface area contributed by atoms with E-state index in [0.29, 0.717) is 39.7 Å². The number of carbonyl (C=O) groups excluding carboxylic acids is 1. The Labute approximate surface area is 195 Å². The van der Waals surface area contributed by atoms with Crippen molar-refractivity contribution in [2.75, 3.05) is 11.9 Å². The van der Waals surface area contributed by atoms with Gasteiger partial charge in [0.15, 0.2) is 5.16 Å². The van der Waals surface area contributed by atoms with Crippen LogP contribution in [-0.4, -0.2) is 22.1 Å². The number of hydrogen-bond acceptors (Lipinski definition) is 5. The minimum Gasteiger partial charge on any atom is -0.489 e. The number of halogens is 1. The van der Waals surface area contributed by atoms with E-state index in [1.54, 1.807) is 17.7 Å². The van der Waals surface area contributed by atoms with Crippen molar-refractivity contribution in [3.63, 3.8) is 0 Å². The molecule has 0 radical (unpaired) electrons. The standard InChI is InChI=1S/C24H22ClN3O3S/c1-3-11-31-19-10-5-4-9-17(19)18-13-20(29)26-22-21(18)23(30)27-24(28(22)2)32-14-15-7-6-8-16(25)12-15/h3-10,12,18H,1,11,13-14H2,2H3,(H,26,29)/t18-/m0/s1. The number of thioether (sulfide) groups is 1. The molecule has 8 heteroatoms. The lowest BCUT2D eigenvalue weighted by atomic mass is 9.86. The molecule has 4 rings (SSSR count). The fourth-order valence-corrected chi connectivity index (χ4v) is 4.87. The molecule has 1 N–H and O–H groups in total. The number of benzene rings is 2. The first-order valence-corrected chi connectivity index (χ1v) is 11.4. The monoisotopic (exact) mass is 467 g/mol. The molecule has 0 bridgehead atoms. The van der Waals surface area contributed by atoms with Gasteiger partial charge in [0.25, 0.3) is 5.56 Å². The topological polar surface area (TPSA) is 73.2 Å². The van der Waals surface area contributed by atoms with E-state index in [1.165, 1.54) is 11.8 Å². The van der Waals surface area contributed by atoms with Crippen molar-refractivity contribution in [3.05, 3.63) is 93.3 Å². The van der Waals surface area contributed by atoms with Crippen molar-refractivity contribution in [1.29, 1.82) is 0 Å². The summed E-state index contributed by atoms with van der Waals surface area (Å²) in [5, 5.41) is 4.05. The van der Waals surface area contributed by atoms with Crippen LogP contribution in [-0.2, 0) is 17.6 Å². The number of hydrogen-bond donors (Lipinski definition) is 1. The molecular weight excluding hydrogens is 446 g/mol. The zero-order valence-electron chi connectivity index (χ0n) is 17.5. The molecule has 0 saturated carbocycles. The van der Waals surface area contributed by atoms with Gasteiger partial charge in [0.2, 0.25) is 5.91 Å². The predicted octanol–water partition coefficient (Wildman–Crippen LogP) is 4.76. The number of anilines is 1. The van der Waals surface area contributed by atoms with Gasteiger partial charge in [0, 0.05) is 35.7 Å². The molecule has 1 aliphatic rings. The van der Waals surface area contributed by atoms with Crippen molar-refractivity contribution in [3.8, 4) is 5.75 Å². The lowest BCUT2D eigenvalue weighted by Gasteiger charge is -2.28. The highest BCUT2D eigenvalue weighted by Crippen LogP contribution is 2.39. The van der Waals surface area contributed by atoms with Crippen LogP contribution < -0.4 is 15.6 Å². The molecule has 2 aromatic carbocycles. The maximum atomic E-state index is 13.2. The molecule has 0 saturated heterocycles. The molecule has 1 aromatic heterocycles. The lowest BCUT2D eigenvalue weighted by molar-refractivity contribution is -0.116. The van der Waals surface area contributed by atoms with Crippen LogP contribution in [0.15, 0.2) is 71.1 Å². The first kappa shape index (κ1) is 22.2. The van der Waals surface area contributed by atoms with Crippen molar-refractivity contribution in [2.45, 2.75) is 23.2 Å². The number of rotatable bonds is 7. The van der Waals surface area contributed by atoms with Crippen LogP contribution in [0, 0.1) is 0 Å². The number of amides is 1. The molecule has 0 fully saturated rings. The summed E-state index contributed by atoms with van der Waals surface area (Å²) in [6.07, 6.45) is 1.80. The van der Waals surface area contributed by atoms with E-state index in [2.05, 4.69) is 16.9 Å². The second kappa shape index (κ2) is 9.63. The summed E-state index contributed by atoms with van der Waals surface area (Å²) in [6, 6.07) is 15.0. The zero-order valence-corrected chi connectivity index (χ0v) is 19.1. The third kappa shape index (κ3) is 4.59. The van der Waals surface area contributed by atoms with Crippen LogP contribution in [0.2, 0.25) is 5.02 Å². The maximum absolute atomic E-state index is 13.2. The fraction of sp³-hybridized carbons (Fsp3) is 0.208. The number of nitrogens with zero attached hydrogens (tertiary/aromatic N) is 2. The molecule has 32 heavy (non-hydrogen) atoms. The lowest BCUT2D eigenvalue weighted by Crippen LogP contribution is -2.33. The van der Waals surface area contributed by atoms with E-state index in [-0.39, 0.29) is 17.9 Å². The molecule has 1 amide bonds. The Morgan fingerprint density at radius 1 is 1.28 bits per heavy atom. The van der Waals surface area contributed by atoms with Gasteiger partial charge in [0.1, 0.15) is 18.2 Å². The van der Waals surface area contributed by atoms with E-state index in [0.717, 1.165) is 11.1 Å². The second-order valence-electron chi connectivity index (χ2n) is 7.38. The summed E-state index contributed by atoms with van der Waals surface area (Å²) in [4.78, 5) is 30.1. The average molecular weight is 468 g/mol. The molecule has 3 aromatic rings. The van der Waals surface area contributed by atoms with Gasteiger partial charge in [0.05, 0.1) is 5.56 Å². The van der Waals surface area contributed by atoms with Crippen LogP contribution in [0.1, 0.15) is 29.0 Å². The highest BCUT2D eigenvalue weighted by Gasteiger charge is 2.33. The van der Waals surface area contributed by atoms with E-state index in [1.807, 2.05) is 48.5 Å². The second-order valence-corrected chi connectivity index (χ2v) is 8.76. The quantitative estimate of drug-likeness (QED) is 0.308. The normalized spacial score (nSPS) is 15.1. The number of carbonyl (C=O) groups is 1. The molecule has 1 atom stereocenters. The van der Waals surface area contributed by atoms with Gasteiger partial charge in [-0.05, 0) is 23.8 Å². The zero-order chi connectivity index (χ0) is 22.7. The summed E-state index contributed by atoms with van der Waals surface area (Å²) in [5.41, 5.74) is 1.91. The Balaban J connectivity index is 1.72. The SMILES string of the molecule is C=CCOc1ccccc1[C@@H]1CC(=O)Nc2c1c(=O)nc(SCc1cccc(Cl)c1)n2C. The highest BCUT2D eigenvalue weighted by molar-refractivity contribution is 7.98. The van der Waals surface area contributed by atoms with Gasteiger partial charge >= 0.3 is 0 Å². The molecule has 0 unspecified atom stereocenters. The summed E-state index contributed by atoms with van der Waals surface area (Å²) < 4.78 is 7.55. The molecule has 2 heterocycles. The van der Waals surface area contributed by atoms with Gasteiger partial charge in [-0.3, -0.25) is 9.59 Å². The average Bonchev–Trinajstić information content (AvgIpc) is 2.78. The Morgan fingerprint density at radius 2 is 2.09 bits per heavy atom.